The van der Waals surface area contributed by atoms with Gasteiger partial charge in [-0.15, -0.1) is 0 Å². The summed E-state index contributed by atoms with van der Waals surface area (Å²) in [4.78, 5) is 16.1. The monoisotopic (exact) mass is 325 g/mol. The Bertz CT molecular complexity index is 857. The second-order valence-corrected chi connectivity index (χ2v) is 5.65. The minimum Gasteiger partial charge on any atom is -0.356 e. The number of rotatable bonds is 6. The molecule has 0 atom stereocenters. The van der Waals surface area contributed by atoms with Crippen molar-refractivity contribution in [3.63, 3.8) is 0 Å². The molecule has 2 aromatic carbocycles. The molecule has 0 fully saturated rings. The zero-order chi connectivity index (χ0) is 16.9. The summed E-state index contributed by atoms with van der Waals surface area (Å²) in [5, 5.41) is 2.86. The Morgan fingerprint density at radius 3 is 2.71 bits per heavy atom. The summed E-state index contributed by atoms with van der Waals surface area (Å²) in [6.45, 7) is 2.76. The van der Waals surface area contributed by atoms with Gasteiger partial charge in [0, 0.05) is 24.9 Å². The quantitative estimate of drug-likeness (QED) is 0.756. The summed E-state index contributed by atoms with van der Waals surface area (Å²) < 4.78 is 16.0. The van der Waals surface area contributed by atoms with Gasteiger partial charge in [-0.1, -0.05) is 37.3 Å². The van der Waals surface area contributed by atoms with Crippen LogP contribution in [0.1, 0.15) is 24.7 Å². The fraction of sp³-hybridized carbons (Fsp3) is 0.263. The van der Waals surface area contributed by atoms with Crippen molar-refractivity contribution in [2.45, 2.75) is 26.3 Å². The van der Waals surface area contributed by atoms with Gasteiger partial charge in [0.25, 0.3) is 0 Å². The highest BCUT2D eigenvalue weighted by Crippen LogP contribution is 2.19. The molecular weight excluding hydrogens is 305 g/mol. The van der Waals surface area contributed by atoms with Crippen LogP contribution in [0.5, 0.6) is 0 Å². The number of carbonyl (C=O) groups excluding carboxylic acids is 1. The van der Waals surface area contributed by atoms with Gasteiger partial charge in [0.1, 0.15) is 11.6 Å². The van der Waals surface area contributed by atoms with Crippen molar-refractivity contribution in [3.05, 3.63) is 65.7 Å². The number of halogens is 1. The van der Waals surface area contributed by atoms with Crippen molar-refractivity contribution >= 4 is 16.9 Å². The van der Waals surface area contributed by atoms with Crippen LogP contribution in [-0.2, 0) is 17.8 Å². The first-order valence-corrected chi connectivity index (χ1v) is 8.13. The second-order valence-electron chi connectivity index (χ2n) is 5.65. The van der Waals surface area contributed by atoms with Crippen LogP contribution in [0.2, 0.25) is 0 Å². The Morgan fingerprint density at radius 1 is 1.17 bits per heavy atom. The van der Waals surface area contributed by atoms with Gasteiger partial charge in [-0.3, -0.25) is 4.79 Å². The maximum atomic E-state index is 14.0. The summed E-state index contributed by atoms with van der Waals surface area (Å²) in [5.41, 5.74) is 2.47. The van der Waals surface area contributed by atoms with E-state index in [2.05, 4.69) is 10.3 Å². The molecule has 0 spiro atoms. The molecule has 0 aliphatic rings. The number of amides is 1. The first kappa shape index (κ1) is 16.2. The van der Waals surface area contributed by atoms with Gasteiger partial charge in [0.2, 0.25) is 5.91 Å². The molecule has 1 N–H and O–H groups in total. The van der Waals surface area contributed by atoms with Crippen LogP contribution >= 0.6 is 0 Å². The molecule has 5 heteroatoms. The Balaban J connectivity index is 1.90. The summed E-state index contributed by atoms with van der Waals surface area (Å²) in [5.74, 6) is 0.642. The van der Waals surface area contributed by atoms with Crippen LogP contribution in [0.15, 0.2) is 48.5 Å². The number of carbonyl (C=O) groups is 1. The van der Waals surface area contributed by atoms with Crippen molar-refractivity contribution in [1.82, 2.24) is 14.9 Å². The van der Waals surface area contributed by atoms with Gasteiger partial charge < -0.3 is 9.88 Å². The Labute approximate surface area is 140 Å². The van der Waals surface area contributed by atoms with E-state index < -0.39 is 0 Å². The third kappa shape index (κ3) is 3.45. The summed E-state index contributed by atoms with van der Waals surface area (Å²) >= 11 is 0. The van der Waals surface area contributed by atoms with Crippen LogP contribution in [0.3, 0.4) is 0 Å². The molecule has 1 heterocycles. The molecule has 24 heavy (non-hydrogen) atoms. The predicted molar refractivity (Wildman–Crippen MR) is 92.2 cm³/mol. The summed E-state index contributed by atoms with van der Waals surface area (Å²) in [6, 6.07) is 14.6. The van der Waals surface area contributed by atoms with Gasteiger partial charge in [-0.2, -0.15) is 0 Å². The zero-order valence-electron chi connectivity index (χ0n) is 13.6. The third-order valence-corrected chi connectivity index (χ3v) is 4.01. The Kier molecular flexibility index (Phi) is 4.89. The first-order chi connectivity index (χ1) is 11.7. The van der Waals surface area contributed by atoms with Crippen LogP contribution in [0, 0.1) is 5.82 Å². The van der Waals surface area contributed by atoms with Gasteiger partial charge >= 0.3 is 0 Å². The normalized spacial score (nSPS) is 10.9. The van der Waals surface area contributed by atoms with Gasteiger partial charge in [-0.05, 0) is 18.2 Å². The zero-order valence-corrected chi connectivity index (χ0v) is 13.6. The second kappa shape index (κ2) is 7.25. The largest absolute Gasteiger partial charge is 0.356 e. The molecule has 0 unspecified atom stereocenters. The van der Waals surface area contributed by atoms with Crippen molar-refractivity contribution in [1.29, 1.82) is 0 Å². The summed E-state index contributed by atoms with van der Waals surface area (Å²) in [6.07, 6.45) is 1.07. The predicted octanol–water partition coefficient (Wildman–Crippen LogP) is 3.29. The molecule has 1 amide bonds. The van der Waals surface area contributed by atoms with E-state index in [0.717, 1.165) is 16.9 Å². The lowest BCUT2D eigenvalue weighted by molar-refractivity contribution is -0.120. The number of aromatic nitrogens is 2. The van der Waals surface area contributed by atoms with Crippen molar-refractivity contribution in [2.24, 2.45) is 0 Å². The van der Waals surface area contributed by atoms with E-state index in [9.17, 15) is 9.18 Å². The number of imidazole rings is 1. The van der Waals surface area contributed by atoms with E-state index in [0.29, 0.717) is 31.5 Å². The number of fused-ring (bicyclic) bond motifs is 1. The fourth-order valence-corrected chi connectivity index (χ4v) is 2.73. The van der Waals surface area contributed by atoms with E-state index >= 15 is 0 Å². The molecule has 3 aromatic rings. The van der Waals surface area contributed by atoms with E-state index in [1.54, 1.807) is 12.1 Å². The molecule has 124 valence electrons. The van der Waals surface area contributed by atoms with Crippen molar-refractivity contribution in [3.8, 4) is 0 Å². The minimum absolute atomic E-state index is 0.0202. The van der Waals surface area contributed by atoms with E-state index in [4.69, 9.17) is 0 Å². The fourth-order valence-electron chi connectivity index (χ4n) is 2.73. The first-order valence-electron chi connectivity index (χ1n) is 8.13. The highest BCUT2D eigenvalue weighted by Gasteiger charge is 2.12. The molecule has 3 rings (SSSR count). The Hall–Kier alpha value is -2.69. The number of hydrogen-bond donors (Lipinski definition) is 1. The highest BCUT2D eigenvalue weighted by molar-refractivity contribution is 5.76. The number of nitrogens with zero attached hydrogens (tertiary/aromatic N) is 2. The van der Waals surface area contributed by atoms with Gasteiger partial charge in [-0.25, -0.2) is 9.37 Å². The molecule has 4 nitrogen and oxygen atoms in total. The molecule has 0 saturated heterocycles. The smallest absolute Gasteiger partial charge is 0.219 e. The van der Waals surface area contributed by atoms with Crippen LogP contribution < -0.4 is 5.32 Å². The lowest BCUT2D eigenvalue weighted by Crippen LogP contribution is -2.25. The van der Waals surface area contributed by atoms with Crippen LogP contribution in [-0.4, -0.2) is 22.0 Å². The highest BCUT2D eigenvalue weighted by atomic mass is 19.1. The third-order valence-electron chi connectivity index (χ3n) is 4.01. The molecule has 0 aliphatic heterocycles. The minimum atomic E-state index is -0.222. The van der Waals surface area contributed by atoms with E-state index in [-0.39, 0.29) is 11.7 Å². The summed E-state index contributed by atoms with van der Waals surface area (Å²) in [7, 11) is 0. The molecule has 1 aromatic heterocycles. The number of hydrogen-bond acceptors (Lipinski definition) is 2. The van der Waals surface area contributed by atoms with E-state index in [1.807, 2.05) is 41.8 Å². The van der Waals surface area contributed by atoms with E-state index in [1.165, 1.54) is 6.07 Å². The standard InChI is InChI=1S/C19H20FN3O/c1-2-19(24)21-12-11-18-22-16-9-5-6-10-17(16)23(18)13-14-7-3-4-8-15(14)20/h3-10H,2,11-13H2,1H3,(H,21,24). The average Bonchev–Trinajstić information content (AvgIpc) is 2.94. The molecule has 0 bridgehead atoms. The number of nitrogens with one attached hydrogen (secondary N) is 1. The van der Waals surface area contributed by atoms with Crippen molar-refractivity contribution < 1.29 is 9.18 Å². The molecule has 0 saturated carbocycles. The average molecular weight is 325 g/mol. The molecule has 0 aliphatic carbocycles. The van der Waals surface area contributed by atoms with Crippen molar-refractivity contribution in [2.75, 3.05) is 6.54 Å². The topological polar surface area (TPSA) is 46.9 Å². The SMILES string of the molecule is CCC(=O)NCCc1nc2ccccc2n1Cc1ccccc1F. The molecular formula is C19H20FN3O. The lowest BCUT2D eigenvalue weighted by atomic mass is 10.2. The number of benzene rings is 2. The maximum absolute atomic E-state index is 14.0. The Morgan fingerprint density at radius 2 is 1.92 bits per heavy atom. The number of para-hydroxylation sites is 2. The maximum Gasteiger partial charge on any atom is 0.219 e. The van der Waals surface area contributed by atoms with Crippen LogP contribution in [0.4, 0.5) is 4.39 Å². The molecule has 0 radical (unpaired) electrons. The van der Waals surface area contributed by atoms with Gasteiger partial charge in [0.15, 0.2) is 0 Å². The van der Waals surface area contributed by atoms with Gasteiger partial charge in [0.05, 0.1) is 17.6 Å². The lowest BCUT2D eigenvalue weighted by Gasteiger charge is -2.10. The van der Waals surface area contributed by atoms with Crippen LogP contribution in [0.25, 0.3) is 11.0 Å².